The van der Waals surface area contributed by atoms with Crippen molar-refractivity contribution < 1.29 is 18.3 Å². The van der Waals surface area contributed by atoms with E-state index in [1.54, 1.807) is 12.1 Å². The molecule has 0 aliphatic carbocycles. The first-order chi connectivity index (χ1) is 11.9. The van der Waals surface area contributed by atoms with E-state index in [4.69, 9.17) is 10.5 Å². The van der Waals surface area contributed by atoms with Gasteiger partial charge in [0.15, 0.2) is 17.5 Å². The lowest BCUT2D eigenvalue weighted by molar-refractivity contribution is -0.0512. The van der Waals surface area contributed by atoms with Crippen LogP contribution in [-0.4, -0.2) is 19.7 Å². The van der Waals surface area contributed by atoms with E-state index >= 15 is 0 Å². The van der Waals surface area contributed by atoms with E-state index in [2.05, 4.69) is 21.1 Å². The third-order valence-electron chi connectivity index (χ3n) is 3.37. The monoisotopic (exact) mass is 349 g/mol. The largest absolute Gasteiger partial charge is 0.493 e. The van der Waals surface area contributed by atoms with Gasteiger partial charge in [0.05, 0.1) is 13.7 Å². The second-order valence-electron chi connectivity index (χ2n) is 5.57. The Morgan fingerprint density at radius 2 is 1.80 bits per heavy atom. The molecule has 134 valence electrons. The van der Waals surface area contributed by atoms with E-state index in [9.17, 15) is 8.78 Å². The quantitative estimate of drug-likeness (QED) is 0.614. The number of aryl methyl sites for hydroxylation is 2. The topological polar surface area (TPSA) is 68.9 Å². The fourth-order valence-corrected chi connectivity index (χ4v) is 2.42. The molecule has 0 spiro atoms. The summed E-state index contributed by atoms with van der Waals surface area (Å²) in [4.78, 5) is 4.22. The van der Waals surface area contributed by atoms with Crippen LogP contribution < -0.4 is 20.5 Å². The fraction of sp³-hybridized carbons (Fsp3) is 0.278. The summed E-state index contributed by atoms with van der Waals surface area (Å²) in [6, 6.07) is 10.7. The number of benzene rings is 2. The molecule has 2 aromatic carbocycles. The molecule has 0 fully saturated rings. The Balaban J connectivity index is 2.09. The number of ether oxygens (including phenoxy) is 2. The van der Waals surface area contributed by atoms with Crippen molar-refractivity contribution in [3.8, 4) is 11.5 Å². The molecular formula is C18H21F2N3O2. The van der Waals surface area contributed by atoms with E-state index in [1.165, 1.54) is 13.2 Å². The summed E-state index contributed by atoms with van der Waals surface area (Å²) in [5.41, 5.74) is 9.62. The number of alkyl halides is 2. The maximum Gasteiger partial charge on any atom is 0.387 e. The van der Waals surface area contributed by atoms with Crippen molar-refractivity contribution in [2.24, 2.45) is 10.7 Å². The first-order valence-corrected chi connectivity index (χ1v) is 7.64. The van der Waals surface area contributed by atoms with Gasteiger partial charge < -0.3 is 20.5 Å². The highest BCUT2D eigenvalue weighted by Crippen LogP contribution is 2.29. The van der Waals surface area contributed by atoms with Crippen LogP contribution in [-0.2, 0) is 6.54 Å². The zero-order valence-electron chi connectivity index (χ0n) is 14.3. The summed E-state index contributed by atoms with van der Waals surface area (Å²) >= 11 is 0. The minimum absolute atomic E-state index is 0.0361. The summed E-state index contributed by atoms with van der Waals surface area (Å²) in [6.07, 6.45) is 0. The second-order valence-corrected chi connectivity index (χ2v) is 5.57. The first-order valence-electron chi connectivity index (χ1n) is 7.64. The van der Waals surface area contributed by atoms with Crippen LogP contribution in [0.1, 0.15) is 16.7 Å². The van der Waals surface area contributed by atoms with Gasteiger partial charge in [0.1, 0.15) is 0 Å². The average Bonchev–Trinajstić information content (AvgIpc) is 2.51. The Kier molecular flexibility index (Phi) is 6.16. The van der Waals surface area contributed by atoms with Gasteiger partial charge in [0.25, 0.3) is 0 Å². The number of nitrogens with zero attached hydrogens (tertiary/aromatic N) is 1. The summed E-state index contributed by atoms with van der Waals surface area (Å²) in [5.74, 6) is 0.428. The first kappa shape index (κ1) is 18.5. The molecule has 25 heavy (non-hydrogen) atoms. The fourth-order valence-electron chi connectivity index (χ4n) is 2.42. The van der Waals surface area contributed by atoms with Crippen LogP contribution in [0.4, 0.5) is 14.5 Å². The van der Waals surface area contributed by atoms with Crippen LogP contribution in [0.15, 0.2) is 41.4 Å². The summed E-state index contributed by atoms with van der Waals surface area (Å²) in [5, 5.41) is 3.01. The zero-order valence-corrected chi connectivity index (χ0v) is 14.3. The van der Waals surface area contributed by atoms with Gasteiger partial charge in [-0.05, 0) is 54.8 Å². The number of aliphatic imine (C=N–C) groups is 1. The van der Waals surface area contributed by atoms with Crippen LogP contribution in [0.2, 0.25) is 0 Å². The summed E-state index contributed by atoms with van der Waals surface area (Å²) in [7, 11) is 1.39. The average molecular weight is 349 g/mol. The Bertz CT molecular complexity index is 744. The van der Waals surface area contributed by atoms with Gasteiger partial charge in [-0.15, -0.1) is 0 Å². The number of guanidine groups is 1. The Morgan fingerprint density at radius 3 is 2.40 bits per heavy atom. The number of nitrogens with two attached hydrogens (primary N) is 1. The van der Waals surface area contributed by atoms with E-state index in [-0.39, 0.29) is 24.0 Å². The highest BCUT2D eigenvalue weighted by atomic mass is 19.3. The van der Waals surface area contributed by atoms with Crippen molar-refractivity contribution in [1.82, 2.24) is 0 Å². The maximum absolute atomic E-state index is 12.5. The molecule has 0 bridgehead atoms. The second kappa shape index (κ2) is 8.32. The van der Waals surface area contributed by atoms with Crippen molar-refractivity contribution in [2.45, 2.75) is 27.0 Å². The van der Waals surface area contributed by atoms with E-state index in [0.29, 0.717) is 5.56 Å². The molecule has 5 nitrogen and oxygen atoms in total. The highest BCUT2D eigenvalue weighted by molar-refractivity contribution is 5.92. The summed E-state index contributed by atoms with van der Waals surface area (Å²) in [6.45, 7) is 1.28. The number of rotatable bonds is 6. The molecule has 0 aliphatic rings. The Labute approximate surface area is 145 Å². The molecule has 2 aromatic rings. The Hall–Kier alpha value is -2.83. The molecule has 3 N–H and O–H groups in total. The highest BCUT2D eigenvalue weighted by Gasteiger charge is 2.11. The van der Waals surface area contributed by atoms with Gasteiger partial charge in [0, 0.05) is 5.69 Å². The van der Waals surface area contributed by atoms with Crippen molar-refractivity contribution in [2.75, 3.05) is 12.4 Å². The minimum atomic E-state index is -2.93. The van der Waals surface area contributed by atoms with Crippen molar-refractivity contribution in [3.63, 3.8) is 0 Å². The number of nitrogens with one attached hydrogen (secondary N) is 1. The molecule has 0 aliphatic heterocycles. The van der Waals surface area contributed by atoms with Gasteiger partial charge in [-0.25, -0.2) is 4.99 Å². The van der Waals surface area contributed by atoms with Crippen LogP contribution in [0.25, 0.3) is 0 Å². The SMILES string of the molecule is COc1ccc(CN=C(N)Nc2cc(C)cc(C)c2)cc1OC(F)F. The molecule has 2 rings (SSSR count). The van der Waals surface area contributed by atoms with Crippen molar-refractivity contribution >= 4 is 11.6 Å². The van der Waals surface area contributed by atoms with Gasteiger partial charge >= 0.3 is 6.61 Å². The van der Waals surface area contributed by atoms with Crippen LogP contribution in [0.3, 0.4) is 0 Å². The molecule has 0 atom stereocenters. The zero-order chi connectivity index (χ0) is 18.4. The molecular weight excluding hydrogens is 328 g/mol. The lowest BCUT2D eigenvalue weighted by Crippen LogP contribution is -2.22. The number of anilines is 1. The van der Waals surface area contributed by atoms with Gasteiger partial charge in [0.2, 0.25) is 0 Å². The molecule has 0 aromatic heterocycles. The molecule has 0 amide bonds. The number of halogens is 2. The van der Waals surface area contributed by atoms with Gasteiger partial charge in [-0.2, -0.15) is 8.78 Å². The Morgan fingerprint density at radius 1 is 1.12 bits per heavy atom. The molecule has 0 radical (unpaired) electrons. The van der Waals surface area contributed by atoms with Crippen LogP contribution >= 0.6 is 0 Å². The van der Waals surface area contributed by atoms with Gasteiger partial charge in [-0.3, -0.25) is 0 Å². The van der Waals surface area contributed by atoms with Crippen molar-refractivity contribution in [3.05, 3.63) is 53.1 Å². The molecule has 0 saturated carbocycles. The molecule has 0 heterocycles. The number of hydrogen-bond donors (Lipinski definition) is 2. The smallest absolute Gasteiger partial charge is 0.387 e. The van der Waals surface area contributed by atoms with E-state index < -0.39 is 6.61 Å². The standard InChI is InChI=1S/C18H21F2N3O2/c1-11-6-12(2)8-14(7-11)23-18(21)22-10-13-4-5-15(24-3)16(9-13)25-17(19)20/h4-9,17H,10H2,1-3H3,(H3,21,22,23). The van der Waals surface area contributed by atoms with Crippen LogP contribution in [0, 0.1) is 13.8 Å². The number of methoxy groups -OCH3 is 1. The lowest BCUT2D eigenvalue weighted by Gasteiger charge is -2.11. The predicted molar refractivity (Wildman–Crippen MR) is 94.5 cm³/mol. The predicted octanol–water partition coefficient (Wildman–Crippen LogP) is 3.84. The lowest BCUT2D eigenvalue weighted by atomic mass is 10.1. The third kappa shape index (κ3) is 5.63. The summed E-state index contributed by atoms with van der Waals surface area (Å²) < 4.78 is 34.4. The van der Waals surface area contributed by atoms with E-state index in [1.807, 2.05) is 26.0 Å². The third-order valence-corrected chi connectivity index (χ3v) is 3.37. The van der Waals surface area contributed by atoms with Gasteiger partial charge in [-0.1, -0.05) is 12.1 Å². The maximum atomic E-state index is 12.5. The molecule has 0 unspecified atom stereocenters. The minimum Gasteiger partial charge on any atom is -0.493 e. The van der Waals surface area contributed by atoms with Crippen LogP contribution in [0.5, 0.6) is 11.5 Å². The van der Waals surface area contributed by atoms with Crippen molar-refractivity contribution in [1.29, 1.82) is 0 Å². The van der Waals surface area contributed by atoms with E-state index in [0.717, 1.165) is 16.8 Å². The normalized spacial score (nSPS) is 11.5. The molecule has 0 saturated heterocycles. The molecule has 7 heteroatoms. The number of hydrogen-bond acceptors (Lipinski definition) is 3.